The van der Waals surface area contributed by atoms with E-state index in [2.05, 4.69) is 37.0 Å². The third-order valence-corrected chi connectivity index (χ3v) is 7.86. The van der Waals surface area contributed by atoms with Crippen LogP contribution < -0.4 is 32.6 Å². The zero-order valence-electron chi connectivity index (χ0n) is 27.7. The van der Waals surface area contributed by atoms with E-state index in [1.54, 1.807) is 30.3 Å². The summed E-state index contributed by atoms with van der Waals surface area (Å²) >= 11 is 0. The second-order valence-electron chi connectivity index (χ2n) is 11.6. The molecule has 0 aliphatic carbocycles. The second kappa shape index (κ2) is 19.6. The number of hydrogen-bond acceptors (Lipinski definition) is 11. The number of ether oxygens (including phenoxy) is 1. The molecule has 50 heavy (non-hydrogen) atoms. The number of hydrogen-bond donors (Lipinski definition) is 7. The minimum atomic E-state index is -4.41. The minimum absolute atomic E-state index is 0.0441. The molecule has 16 nitrogen and oxygen atoms in total. The molecule has 3 aromatic rings. The van der Waals surface area contributed by atoms with Gasteiger partial charge in [-0.1, -0.05) is 50.6 Å². The van der Waals surface area contributed by atoms with Gasteiger partial charge in [0.05, 0.1) is 17.8 Å². The van der Waals surface area contributed by atoms with E-state index in [-0.39, 0.29) is 35.3 Å². The fraction of sp³-hybridized carbons (Fsp3) is 0.333. The van der Waals surface area contributed by atoms with E-state index in [0.717, 1.165) is 0 Å². The molecular weight excluding hydrogens is 668 g/mol. The van der Waals surface area contributed by atoms with Gasteiger partial charge < -0.3 is 21.1 Å². The number of unbranched alkanes of at least 4 members (excludes halogenated alkanes) is 2. The molecule has 1 aromatic heterocycles. The van der Waals surface area contributed by atoms with E-state index in [1.165, 1.54) is 42.7 Å². The Labute approximate surface area is 290 Å². The maximum Gasteiger partial charge on any atom is 0.426 e. The summed E-state index contributed by atoms with van der Waals surface area (Å²) in [5, 5.41) is 9.45. The fourth-order valence-electron chi connectivity index (χ4n) is 4.38. The van der Waals surface area contributed by atoms with Crippen LogP contribution >= 0.6 is 0 Å². The van der Waals surface area contributed by atoms with Crippen LogP contribution in [-0.2, 0) is 31.1 Å². The first kappa shape index (κ1) is 39.1. The Bertz CT molecular complexity index is 1730. The summed E-state index contributed by atoms with van der Waals surface area (Å²) in [4.78, 5) is 52.4. The van der Waals surface area contributed by atoms with Gasteiger partial charge in [0.15, 0.2) is 0 Å². The fourth-order valence-corrected chi connectivity index (χ4v) is 5.05. The Hall–Kier alpha value is -5.39. The topological polar surface area (TPSA) is 243 Å². The van der Waals surface area contributed by atoms with Gasteiger partial charge in [-0.2, -0.15) is 13.5 Å². The van der Waals surface area contributed by atoms with Crippen LogP contribution in [0, 0.1) is 5.92 Å². The lowest BCUT2D eigenvalue weighted by Crippen LogP contribution is -2.41. The van der Waals surface area contributed by atoms with Crippen LogP contribution in [0.4, 0.5) is 16.3 Å². The smallest absolute Gasteiger partial charge is 0.426 e. The van der Waals surface area contributed by atoms with Gasteiger partial charge in [0.1, 0.15) is 17.3 Å². The number of nitrogens with one attached hydrogen (secondary N) is 5. The summed E-state index contributed by atoms with van der Waals surface area (Å²) in [5.74, 6) is -0.395. The number of anilines is 2. The van der Waals surface area contributed by atoms with Crippen molar-refractivity contribution in [2.75, 3.05) is 17.3 Å². The van der Waals surface area contributed by atoms with Crippen molar-refractivity contribution in [3.63, 3.8) is 0 Å². The Morgan fingerprint density at radius 1 is 0.980 bits per heavy atom. The van der Waals surface area contributed by atoms with E-state index < -0.39 is 28.2 Å². The lowest BCUT2D eigenvalue weighted by molar-refractivity contribution is -0.122. The maximum absolute atomic E-state index is 12.4. The number of nitrogens with zero attached hydrogens (tertiary/aromatic N) is 2. The molecule has 1 heterocycles. The van der Waals surface area contributed by atoms with Crippen molar-refractivity contribution in [2.45, 2.75) is 63.5 Å². The minimum Gasteiger partial charge on any atom is -0.443 e. The molecule has 268 valence electrons. The normalized spacial score (nSPS) is 11.9. The van der Waals surface area contributed by atoms with Gasteiger partial charge in [0, 0.05) is 30.4 Å². The maximum atomic E-state index is 12.4. The van der Waals surface area contributed by atoms with Crippen LogP contribution in [0.2, 0.25) is 0 Å². The molecule has 0 fully saturated rings. The van der Waals surface area contributed by atoms with Crippen LogP contribution in [0.15, 0.2) is 76.9 Å². The van der Waals surface area contributed by atoms with Gasteiger partial charge in [-0.25, -0.2) is 15.2 Å². The molecule has 0 saturated heterocycles. The first-order valence-corrected chi connectivity index (χ1v) is 17.2. The number of nitrogens with two attached hydrogens (primary N) is 1. The van der Waals surface area contributed by atoms with Crippen LogP contribution in [0.3, 0.4) is 0 Å². The van der Waals surface area contributed by atoms with E-state index >= 15 is 0 Å². The van der Waals surface area contributed by atoms with E-state index in [4.69, 9.17) is 10.5 Å². The van der Waals surface area contributed by atoms with Gasteiger partial charge in [-0.3, -0.25) is 29.8 Å². The number of aromatic nitrogens is 1. The summed E-state index contributed by atoms with van der Waals surface area (Å²) < 4.78 is 37.4. The van der Waals surface area contributed by atoms with Crippen molar-refractivity contribution >= 4 is 51.7 Å². The lowest BCUT2D eigenvalue weighted by atomic mass is 10.0. The first-order chi connectivity index (χ1) is 23.8. The second-order valence-corrected chi connectivity index (χ2v) is 12.9. The number of hydrazine groups is 1. The molecule has 4 amide bonds. The molecule has 2 aromatic carbocycles. The van der Waals surface area contributed by atoms with Crippen molar-refractivity contribution in [3.8, 4) is 0 Å². The van der Waals surface area contributed by atoms with Crippen LogP contribution in [0.25, 0.3) is 0 Å². The van der Waals surface area contributed by atoms with Gasteiger partial charge in [-0.05, 0) is 61.1 Å². The third-order valence-electron chi connectivity index (χ3n) is 6.93. The zero-order valence-corrected chi connectivity index (χ0v) is 28.5. The third kappa shape index (κ3) is 14.0. The highest BCUT2D eigenvalue weighted by atomic mass is 32.2. The molecule has 0 aliphatic rings. The molecule has 0 saturated carbocycles. The summed E-state index contributed by atoms with van der Waals surface area (Å²) in [7, 11) is -4.41. The van der Waals surface area contributed by atoms with Gasteiger partial charge in [0.25, 0.3) is 16.0 Å². The molecule has 0 bridgehead atoms. The van der Waals surface area contributed by atoms with E-state index in [1.807, 2.05) is 13.8 Å². The number of benzene rings is 2. The quantitative estimate of drug-likeness (QED) is 0.0464. The molecule has 0 unspecified atom stereocenters. The van der Waals surface area contributed by atoms with Crippen LogP contribution in [-0.4, -0.2) is 60.6 Å². The Balaban J connectivity index is 1.25. The number of amides is 4. The molecule has 17 heteroatoms. The average molecular weight is 711 g/mol. The Morgan fingerprint density at radius 3 is 2.40 bits per heavy atom. The van der Waals surface area contributed by atoms with Gasteiger partial charge in [0.2, 0.25) is 11.8 Å². The summed E-state index contributed by atoms with van der Waals surface area (Å²) in [5.41, 5.74) is 14.8. The Morgan fingerprint density at radius 2 is 1.72 bits per heavy atom. The molecule has 0 aliphatic heterocycles. The van der Waals surface area contributed by atoms with Crippen LogP contribution in [0.5, 0.6) is 0 Å². The first-order valence-electron chi connectivity index (χ1n) is 15.8. The van der Waals surface area contributed by atoms with Crippen molar-refractivity contribution < 1.29 is 36.9 Å². The number of carbonyl (C=O) groups excluding carboxylic acids is 4. The highest BCUT2D eigenvalue weighted by Crippen LogP contribution is 2.14. The molecule has 0 spiro atoms. The standard InChI is InChI=1S/C33H42N8O8S/c1-22(2)18-27(34)32(44)38-26-14-11-23(12-15-26)21-49-33(45)41-40-30(42)10-4-3-7-17-35-31(43)25-13-16-29(36-19-25)39-37-20-24-8-5-6-9-28(24)50(46,47)48/h5-6,8-9,11-16,19-20,22,27H,3-4,7,10,17-18,21,34H2,1-2H3,(H,35,43)(H,36,39)(H,38,44)(H,40,42)(H,41,45)(H,46,47,48)/b37-20+/t27-/m0/s1. The highest BCUT2D eigenvalue weighted by Gasteiger charge is 2.16. The van der Waals surface area contributed by atoms with Crippen molar-refractivity contribution in [3.05, 3.63) is 83.6 Å². The SMILES string of the molecule is CC(C)C[C@H](N)C(=O)Nc1ccc(COC(=O)NNC(=O)CCCCCNC(=O)c2ccc(N/N=C/c3ccccc3S(=O)(=O)O)nc2)cc1. The van der Waals surface area contributed by atoms with Gasteiger partial charge >= 0.3 is 6.09 Å². The summed E-state index contributed by atoms with van der Waals surface area (Å²) in [6.45, 7) is 4.31. The average Bonchev–Trinajstić information content (AvgIpc) is 3.08. The monoisotopic (exact) mass is 710 g/mol. The van der Waals surface area contributed by atoms with Crippen molar-refractivity contribution in [2.24, 2.45) is 16.8 Å². The molecule has 0 radical (unpaired) electrons. The predicted octanol–water partition coefficient (Wildman–Crippen LogP) is 3.33. The van der Waals surface area contributed by atoms with Crippen LogP contribution in [0.1, 0.15) is 67.4 Å². The predicted molar refractivity (Wildman–Crippen MR) is 186 cm³/mol. The van der Waals surface area contributed by atoms with E-state index in [9.17, 15) is 32.1 Å². The lowest BCUT2D eigenvalue weighted by Gasteiger charge is -2.14. The molecule has 3 rings (SSSR count). The number of carbonyl (C=O) groups is 4. The largest absolute Gasteiger partial charge is 0.443 e. The molecule has 1 atom stereocenters. The summed E-state index contributed by atoms with van der Waals surface area (Å²) in [6, 6.07) is 15.0. The van der Waals surface area contributed by atoms with Crippen molar-refractivity contribution in [1.29, 1.82) is 0 Å². The molecular formula is C33H42N8O8S. The number of hydrazone groups is 1. The zero-order chi connectivity index (χ0) is 36.5. The van der Waals surface area contributed by atoms with E-state index in [0.29, 0.717) is 60.8 Å². The number of rotatable bonds is 17. The van der Waals surface area contributed by atoms with Gasteiger partial charge in [-0.15, -0.1) is 0 Å². The van der Waals surface area contributed by atoms with Crippen molar-refractivity contribution in [1.82, 2.24) is 21.2 Å². The highest BCUT2D eigenvalue weighted by molar-refractivity contribution is 7.86. The molecule has 8 N–H and O–H groups in total. The summed E-state index contributed by atoms with van der Waals surface area (Å²) in [6.07, 6.45) is 4.28. The number of pyridine rings is 1. The Kier molecular flexibility index (Phi) is 15.3.